The van der Waals surface area contributed by atoms with Gasteiger partial charge in [-0.15, -0.1) is 0 Å². The van der Waals surface area contributed by atoms with Crippen molar-refractivity contribution in [3.8, 4) is 0 Å². The summed E-state index contributed by atoms with van der Waals surface area (Å²) in [5.74, 6) is 0.500. The first-order valence-electron chi connectivity index (χ1n) is 4.71. The van der Waals surface area contributed by atoms with Crippen LogP contribution >= 0.6 is 0 Å². The van der Waals surface area contributed by atoms with Crippen LogP contribution in [0.25, 0.3) is 0 Å². The van der Waals surface area contributed by atoms with Gasteiger partial charge < -0.3 is 10.1 Å². The molecule has 0 radical (unpaired) electrons. The van der Waals surface area contributed by atoms with Crippen LogP contribution in [0.3, 0.4) is 0 Å². The number of aromatic nitrogens is 2. The van der Waals surface area contributed by atoms with Crippen LogP contribution in [0.4, 0.5) is 0 Å². The van der Waals surface area contributed by atoms with Crippen LogP contribution in [0.5, 0.6) is 0 Å². The van der Waals surface area contributed by atoms with Gasteiger partial charge in [0.1, 0.15) is 11.4 Å². The van der Waals surface area contributed by atoms with Crippen molar-refractivity contribution < 1.29 is 9.37 Å². The summed E-state index contributed by atoms with van der Waals surface area (Å²) >= 11 is 0. The second-order valence-electron chi connectivity index (χ2n) is 3.49. The van der Waals surface area contributed by atoms with E-state index < -0.39 is 0 Å². The number of nitrogens with one attached hydrogen (secondary N) is 1. The zero-order chi connectivity index (χ0) is 10.4. The van der Waals surface area contributed by atoms with Crippen molar-refractivity contribution in [2.45, 2.75) is 20.4 Å². The lowest BCUT2D eigenvalue weighted by molar-refractivity contribution is 0.158. The Balaban J connectivity index is 2.19. The quantitative estimate of drug-likeness (QED) is 0.732. The van der Waals surface area contributed by atoms with Crippen LogP contribution in [0, 0.1) is 12.8 Å². The van der Waals surface area contributed by atoms with Gasteiger partial charge in [0.15, 0.2) is 0 Å². The highest BCUT2D eigenvalue weighted by Gasteiger charge is 2.05. The Morgan fingerprint density at radius 2 is 2.29 bits per heavy atom. The molecule has 0 aliphatic heterocycles. The number of nitrogens with zero attached hydrogens (tertiary/aromatic N) is 2. The lowest BCUT2D eigenvalue weighted by Crippen LogP contribution is -2.23. The second-order valence-corrected chi connectivity index (χ2v) is 3.49. The smallest absolute Gasteiger partial charge is 0.121 e. The summed E-state index contributed by atoms with van der Waals surface area (Å²) in [4.78, 5) is 0. The minimum absolute atomic E-state index is 0.500. The van der Waals surface area contributed by atoms with Gasteiger partial charge in [0.2, 0.25) is 0 Å². The molecule has 0 amide bonds. The molecule has 0 aliphatic carbocycles. The molecule has 1 N–H and O–H groups in total. The Bertz CT molecular complexity index is 262. The van der Waals surface area contributed by atoms with E-state index in [1.165, 1.54) is 0 Å². The Labute approximate surface area is 83.8 Å². The third-order valence-corrected chi connectivity index (χ3v) is 1.98. The summed E-state index contributed by atoms with van der Waals surface area (Å²) in [6.45, 7) is 6.38. The Hall–Kier alpha value is -0.940. The number of aryl methyl sites for hydroxylation is 1. The van der Waals surface area contributed by atoms with E-state index in [2.05, 4.69) is 27.2 Å². The van der Waals surface area contributed by atoms with E-state index in [1.54, 1.807) is 7.11 Å². The first kappa shape index (κ1) is 11.1. The van der Waals surface area contributed by atoms with Crippen molar-refractivity contribution in [2.24, 2.45) is 5.92 Å². The summed E-state index contributed by atoms with van der Waals surface area (Å²) in [7, 11) is 1.71. The molecule has 0 saturated heterocycles. The van der Waals surface area contributed by atoms with Crippen molar-refractivity contribution >= 4 is 0 Å². The standard InChI is InChI=1S/C9H17N3O2/c1-7(6-13-3)4-10-5-9-8(2)11-14-12-9/h7,10H,4-6H2,1-3H3. The molecule has 0 fully saturated rings. The van der Waals surface area contributed by atoms with Gasteiger partial charge in [-0.25, -0.2) is 4.63 Å². The van der Waals surface area contributed by atoms with Gasteiger partial charge in [0, 0.05) is 26.8 Å². The fourth-order valence-corrected chi connectivity index (χ4v) is 1.19. The molecule has 14 heavy (non-hydrogen) atoms. The van der Waals surface area contributed by atoms with Crippen molar-refractivity contribution in [2.75, 3.05) is 20.3 Å². The minimum Gasteiger partial charge on any atom is -0.384 e. The summed E-state index contributed by atoms with van der Waals surface area (Å²) < 4.78 is 9.61. The molecule has 0 aliphatic rings. The number of methoxy groups -OCH3 is 1. The summed E-state index contributed by atoms with van der Waals surface area (Å²) in [5, 5.41) is 10.7. The van der Waals surface area contributed by atoms with E-state index in [0.717, 1.165) is 24.5 Å². The lowest BCUT2D eigenvalue weighted by atomic mass is 10.2. The zero-order valence-corrected chi connectivity index (χ0v) is 8.91. The number of hydrogen-bond donors (Lipinski definition) is 1. The van der Waals surface area contributed by atoms with Crippen LogP contribution < -0.4 is 5.32 Å². The summed E-state index contributed by atoms with van der Waals surface area (Å²) in [5.41, 5.74) is 1.71. The SMILES string of the molecule is COCC(C)CNCc1nonc1C. The average Bonchev–Trinajstić information content (AvgIpc) is 2.52. The van der Waals surface area contributed by atoms with Gasteiger partial charge in [-0.2, -0.15) is 0 Å². The zero-order valence-electron chi connectivity index (χ0n) is 8.91. The Kier molecular flexibility index (Phi) is 4.55. The van der Waals surface area contributed by atoms with Crippen LogP contribution in [0.15, 0.2) is 4.63 Å². The molecule has 1 heterocycles. The molecule has 0 saturated carbocycles. The van der Waals surface area contributed by atoms with E-state index in [1.807, 2.05) is 6.92 Å². The fraction of sp³-hybridized carbons (Fsp3) is 0.778. The van der Waals surface area contributed by atoms with Gasteiger partial charge in [-0.1, -0.05) is 17.2 Å². The van der Waals surface area contributed by atoms with Crippen LogP contribution in [-0.4, -0.2) is 30.6 Å². The Morgan fingerprint density at radius 3 is 2.86 bits per heavy atom. The van der Waals surface area contributed by atoms with Crippen molar-refractivity contribution in [3.05, 3.63) is 11.4 Å². The molecule has 0 bridgehead atoms. The third kappa shape index (κ3) is 3.43. The van der Waals surface area contributed by atoms with Gasteiger partial charge in [0.25, 0.3) is 0 Å². The maximum absolute atomic E-state index is 5.03. The molecule has 1 atom stereocenters. The largest absolute Gasteiger partial charge is 0.384 e. The maximum Gasteiger partial charge on any atom is 0.121 e. The summed E-state index contributed by atoms with van der Waals surface area (Å²) in [6, 6.07) is 0. The van der Waals surface area contributed by atoms with Gasteiger partial charge >= 0.3 is 0 Å². The first-order valence-corrected chi connectivity index (χ1v) is 4.71. The fourth-order valence-electron chi connectivity index (χ4n) is 1.19. The topological polar surface area (TPSA) is 60.2 Å². The van der Waals surface area contributed by atoms with E-state index in [9.17, 15) is 0 Å². The average molecular weight is 199 g/mol. The first-order chi connectivity index (χ1) is 6.74. The third-order valence-electron chi connectivity index (χ3n) is 1.98. The van der Waals surface area contributed by atoms with Crippen LogP contribution in [0.2, 0.25) is 0 Å². The highest BCUT2D eigenvalue weighted by molar-refractivity contribution is 5.03. The molecule has 5 nitrogen and oxygen atoms in total. The van der Waals surface area contributed by atoms with Gasteiger partial charge in [0.05, 0.1) is 0 Å². The van der Waals surface area contributed by atoms with E-state index in [-0.39, 0.29) is 0 Å². The predicted molar refractivity (Wildman–Crippen MR) is 51.8 cm³/mol. The monoisotopic (exact) mass is 199 g/mol. The maximum atomic E-state index is 5.03. The number of hydrogen-bond acceptors (Lipinski definition) is 5. The van der Waals surface area contributed by atoms with E-state index >= 15 is 0 Å². The summed E-state index contributed by atoms with van der Waals surface area (Å²) in [6.07, 6.45) is 0. The molecular weight excluding hydrogens is 182 g/mol. The van der Waals surface area contributed by atoms with Gasteiger partial charge in [-0.3, -0.25) is 0 Å². The molecule has 1 unspecified atom stereocenters. The highest BCUT2D eigenvalue weighted by Crippen LogP contribution is 2.00. The molecule has 0 spiro atoms. The lowest BCUT2D eigenvalue weighted by Gasteiger charge is -2.10. The molecule has 80 valence electrons. The minimum atomic E-state index is 0.500. The van der Waals surface area contributed by atoms with E-state index in [4.69, 9.17) is 4.74 Å². The molecule has 1 aromatic heterocycles. The predicted octanol–water partition coefficient (Wildman–Crippen LogP) is 0.750. The van der Waals surface area contributed by atoms with Crippen LogP contribution in [0.1, 0.15) is 18.3 Å². The number of ether oxygens (including phenoxy) is 1. The molecule has 0 aromatic carbocycles. The van der Waals surface area contributed by atoms with Crippen molar-refractivity contribution in [1.29, 1.82) is 0 Å². The van der Waals surface area contributed by atoms with Crippen molar-refractivity contribution in [3.63, 3.8) is 0 Å². The van der Waals surface area contributed by atoms with Crippen molar-refractivity contribution in [1.82, 2.24) is 15.6 Å². The normalized spacial score (nSPS) is 13.1. The Morgan fingerprint density at radius 1 is 1.50 bits per heavy atom. The number of rotatable bonds is 6. The highest BCUT2D eigenvalue weighted by atomic mass is 16.6. The second kappa shape index (κ2) is 5.72. The molecule has 1 rings (SSSR count). The van der Waals surface area contributed by atoms with E-state index in [0.29, 0.717) is 12.5 Å². The van der Waals surface area contributed by atoms with Gasteiger partial charge in [-0.05, 0) is 12.8 Å². The molecular formula is C9H17N3O2. The molecule has 5 heteroatoms. The molecule has 1 aromatic rings. The van der Waals surface area contributed by atoms with Crippen LogP contribution in [-0.2, 0) is 11.3 Å².